The van der Waals surface area contributed by atoms with E-state index in [4.69, 9.17) is 9.84 Å². The van der Waals surface area contributed by atoms with E-state index in [0.717, 1.165) is 18.4 Å². The maximum Gasteiger partial charge on any atom is 0.341 e. The van der Waals surface area contributed by atoms with E-state index >= 15 is 0 Å². The van der Waals surface area contributed by atoms with Crippen LogP contribution in [0.5, 0.6) is 5.75 Å². The monoisotopic (exact) mass is 385 g/mol. The van der Waals surface area contributed by atoms with Gasteiger partial charge in [0.2, 0.25) is 5.91 Å². The highest BCUT2D eigenvalue weighted by molar-refractivity contribution is 5.88. The Hall–Kier alpha value is -2.89. The Balaban J connectivity index is 1.58. The Morgan fingerprint density at radius 3 is 2.39 bits per heavy atom. The highest BCUT2D eigenvalue weighted by atomic mass is 19.1. The molecule has 28 heavy (non-hydrogen) atoms. The number of ether oxygens (including phenoxy) is 1. The largest absolute Gasteiger partial charge is 0.482 e. The lowest BCUT2D eigenvalue weighted by Gasteiger charge is -2.28. The minimum absolute atomic E-state index is 0.114. The highest BCUT2D eigenvalue weighted by Gasteiger charge is 2.44. The number of aliphatic carboxylic acids is 1. The highest BCUT2D eigenvalue weighted by Crippen LogP contribution is 2.42. The van der Waals surface area contributed by atoms with Crippen molar-refractivity contribution >= 4 is 11.9 Å². The Morgan fingerprint density at radius 1 is 1.07 bits per heavy atom. The van der Waals surface area contributed by atoms with Crippen molar-refractivity contribution in [2.75, 3.05) is 13.2 Å². The molecule has 1 amide bonds. The van der Waals surface area contributed by atoms with Crippen LogP contribution in [0.1, 0.15) is 36.8 Å². The summed E-state index contributed by atoms with van der Waals surface area (Å²) in [5, 5.41) is 11.6. The molecule has 0 radical (unpaired) electrons. The molecular weight excluding hydrogens is 361 g/mol. The summed E-state index contributed by atoms with van der Waals surface area (Å²) in [6, 6.07) is 13.6. The van der Waals surface area contributed by atoms with Gasteiger partial charge < -0.3 is 15.2 Å². The van der Waals surface area contributed by atoms with Crippen molar-refractivity contribution in [3.05, 3.63) is 65.5 Å². The first-order valence-corrected chi connectivity index (χ1v) is 9.48. The number of hydrogen-bond acceptors (Lipinski definition) is 3. The fourth-order valence-electron chi connectivity index (χ4n) is 3.83. The molecule has 0 unspecified atom stereocenters. The number of carbonyl (C=O) groups is 2. The fourth-order valence-corrected chi connectivity index (χ4v) is 3.83. The fraction of sp³-hybridized carbons (Fsp3) is 0.364. The maximum atomic E-state index is 14.4. The van der Waals surface area contributed by atoms with E-state index < -0.39 is 11.4 Å². The van der Waals surface area contributed by atoms with E-state index in [1.54, 1.807) is 30.3 Å². The molecule has 1 fully saturated rings. The first kappa shape index (κ1) is 19.9. The topological polar surface area (TPSA) is 75.6 Å². The van der Waals surface area contributed by atoms with E-state index in [2.05, 4.69) is 5.32 Å². The third-order valence-corrected chi connectivity index (χ3v) is 5.27. The predicted molar refractivity (Wildman–Crippen MR) is 103 cm³/mol. The summed E-state index contributed by atoms with van der Waals surface area (Å²) in [4.78, 5) is 23.5. The van der Waals surface area contributed by atoms with Crippen LogP contribution >= 0.6 is 0 Å². The van der Waals surface area contributed by atoms with Crippen LogP contribution in [0.3, 0.4) is 0 Å². The van der Waals surface area contributed by atoms with Crippen LogP contribution in [-0.2, 0) is 21.4 Å². The maximum absolute atomic E-state index is 14.4. The number of rotatable bonds is 8. The number of nitrogens with one attached hydrogen (secondary N) is 1. The molecule has 0 saturated heterocycles. The van der Waals surface area contributed by atoms with Crippen molar-refractivity contribution in [1.82, 2.24) is 5.32 Å². The average molecular weight is 385 g/mol. The third kappa shape index (κ3) is 4.50. The molecule has 0 spiro atoms. The number of carboxylic acids is 1. The number of carbonyl (C=O) groups excluding carboxylic acids is 1. The van der Waals surface area contributed by atoms with Crippen LogP contribution in [-0.4, -0.2) is 30.1 Å². The van der Waals surface area contributed by atoms with Gasteiger partial charge in [-0.3, -0.25) is 4.79 Å². The van der Waals surface area contributed by atoms with Crippen molar-refractivity contribution in [1.29, 1.82) is 0 Å². The van der Waals surface area contributed by atoms with Crippen LogP contribution < -0.4 is 10.1 Å². The molecule has 1 saturated carbocycles. The van der Waals surface area contributed by atoms with Crippen molar-refractivity contribution in [3.8, 4) is 5.75 Å². The molecule has 0 heterocycles. The molecule has 2 N–H and O–H groups in total. The van der Waals surface area contributed by atoms with Gasteiger partial charge in [-0.05, 0) is 43.0 Å². The first-order chi connectivity index (χ1) is 13.5. The van der Waals surface area contributed by atoms with Crippen LogP contribution in [0, 0.1) is 5.82 Å². The van der Waals surface area contributed by atoms with Crippen molar-refractivity contribution < 1.29 is 23.8 Å². The molecular formula is C22H24FNO4. The lowest BCUT2D eigenvalue weighted by Crippen LogP contribution is -2.43. The molecule has 3 rings (SSSR count). The molecule has 0 aliphatic heterocycles. The SMILES string of the molecule is O=C(O)COc1ccc(CCNC(=O)C2(c3ccccc3F)CCCC2)cc1. The summed E-state index contributed by atoms with van der Waals surface area (Å²) >= 11 is 0. The Morgan fingerprint density at radius 2 is 1.75 bits per heavy atom. The van der Waals surface area contributed by atoms with Gasteiger partial charge in [-0.2, -0.15) is 0 Å². The molecule has 6 heteroatoms. The van der Waals surface area contributed by atoms with E-state index in [1.807, 2.05) is 12.1 Å². The van der Waals surface area contributed by atoms with Gasteiger partial charge in [0.1, 0.15) is 11.6 Å². The zero-order chi connectivity index (χ0) is 20.0. The quantitative estimate of drug-likeness (QED) is 0.730. The number of halogens is 1. The van der Waals surface area contributed by atoms with Crippen molar-refractivity contribution in [3.63, 3.8) is 0 Å². The Bertz CT molecular complexity index is 829. The molecule has 0 atom stereocenters. The van der Waals surface area contributed by atoms with Gasteiger partial charge in [-0.25, -0.2) is 9.18 Å². The summed E-state index contributed by atoms with van der Waals surface area (Å²) in [7, 11) is 0. The second kappa shape index (κ2) is 8.87. The van der Waals surface area contributed by atoms with Gasteiger partial charge in [0.15, 0.2) is 6.61 Å². The summed E-state index contributed by atoms with van der Waals surface area (Å²) in [6.07, 6.45) is 3.78. The molecule has 1 aliphatic carbocycles. The molecule has 0 bridgehead atoms. The van der Waals surface area contributed by atoms with Gasteiger partial charge in [0, 0.05) is 12.1 Å². The second-order valence-corrected chi connectivity index (χ2v) is 7.10. The van der Waals surface area contributed by atoms with Crippen LogP contribution in [0.15, 0.2) is 48.5 Å². The van der Waals surface area contributed by atoms with Gasteiger partial charge in [0.25, 0.3) is 0 Å². The lowest BCUT2D eigenvalue weighted by molar-refractivity contribution is -0.139. The van der Waals surface area contributed by atoms with Gasteiger partial charge in [0.05, 0.1) is 5.41 Å². The average Bonchev–Trinajstić information content (AvgIpc) is 3.18. The third-order valence-electron chi connectivity index (χ3n) is 5.27. The summed E-state index contributed by atoms with van der Waals surface area (Å²) in [5.41, 5.74) is 0.708. The first-order valence-electron chi connectivity index (χ1n) is 9.48. The Kier molecular flexibility index (Phi) is 6.29. The number of carboxylic acid groups (broad SMARTS) is 1. The van der Waals surface area contributed by atoms with E-state index in [9.17, 15) is 14.0 Å². The normalized spacial score (nSPS) is 15.2. The second-order valence-electron chi connectivity index (χ2n) is 7.10. The van der Waals surface area contributed by atoms with Crippen LogP contribution in [0.4, 0.5) is 4.39 Å². The lowest BCUT2D eigenvalue weighted by atomic mass is 9.77. The standard InChI is InChI=1S/C22H24FNO4/c23-19-6-2-1-5-18(19)22(12-3-4-13-22)21(27)24-14-11-16-7-9-17(10-8-16)28-15-20(25)26/h1-2,5-10H,3-4,11-15H2,(H,24,27)(H,25,26). The molecule has 1 aliphatic rings. The molecule has 0 aromatic heterocycles. The molecule has 148 valence electrons. The van der Waals surface area contributed by atoms with Crippen LogP contribution in [0.2, 0.25) is 0 Å². The minimum atomic E-state index is -1.03. The molecule has 2 aromatic carbocycles. The molecule has 2 aromatic rings. The van der Waals surface area contributed by atoms with Gasteiger partial charge >= 0.3 is 5.97 Å². The summed E-state index contributed by atoms with van der Waals surface area (Å²) < 4.78 is 19.5. The number of benzene rings is 2. The summed E-state index contributed by atoms with van der Waals surface area (Å²) in [6.45, 7) is 0.0674. The van der Waals surface area contributed by atoms with E-state index in [0.29, 0.717) is 37.1 Å². The van der Waals surface area contributed by atoms with Crippen LogP contribution in [0.25, 0.3) is 0 Å². The predicted octanol–water partition coefficient (Wildman–Crippen LogP) is 3.46. The van der Waals surface area contributed by atoms with Crippen molar-refractivity contribution in [2.24, 2.45) is 0 Å². The zero-order valence-corrected chi connectivity index (χ0v) is 15.6. The van der Waals surface area contributed by atoms with Crippen molar-refractivity contribution in [2.45, 2.75) is 37.5 Å². The van der Waals surface area contributed by atoms with Gasteiger partial charge in [-0.1, -0.05) is 43.2 Å². The van der Waals surface area contributed by atoms with E-state index in [-0.39, 0.29) is 18.3 Å². The number of amides is 1. The number of hydrogen-bond donors (Lipinski definition) is 2. The zero-order valence-electron chi connectivity index (χ0n) is 15.6. The summed E-state index contributed by atoms with van der Waals surface area (Å²) in [5.74, 6) is -0.977. The Labute approximate surface area is 163 Å². The van der Waals surface area contributed by atoms with Gasteiger partial charge in [-0.15, -0.1) is 0 Å². The molecule has 5 nitrogen and oxygen atoms in total. The van der Waals surface area contributed by atoms with E-state index in [1.165, 1.54) is 6.07 Å². The minimum Gasteiger partial charge on any atom is -0.482 e. The smallest absolute Gasteiger partial charge is 0.341 e.